The van der Waals surface area contributed by atoms with Crippen molar-refractivity contribution in [2.45, 2.75) is 32.1 Å². The summed E-state index contributed by atoms with van der Waals surface area (Å²) in [6, 6.07) is 22.6. The average Bonchev–Trinajstić information content (AvgIpc) is 2.97. The molecule has 2 N–H and O–H groups in total. The first kappa shape index (κ1) is 27.2. The first-order valence-corrected chi connectivity index (χ1v) is 12.5. The molecule has 1 atom stereocenters. The maximum Gasteiger partial charge on any atom is 0.234 e. The molecule has 198 valence electrons. The third-order valence-corrected chi connectivity index (χ3v) is 5.92. The van der Waals surface area contributed by atoms with Gasteiger partial charge >= 0.3 is 0 Å². The van der Waals surface area contributed by atoms with Crippen molar-refractivity contribution < 1.29 is 9.59 Å². The first-order chi connectivity index (χ1) is 19.1. The lowest BCUT2D eigenvalue weighted by atomic mass is 10.0. The molecule has 3 aromatic heterocycles. The van der Waals surface area contributed by atoms with Crippen LogP contribution in [0.4, 0.5) is 5.69 Å². The zero-order valence-corrected chi connectivity index (χ0v) is 21.3. The number of pyridine rings is 3. The monoisotopic (exact) mass is 523 g/mol. The Labute approximate surface area is 226 Å². The van der Waals surface area contributed by atoms with Gasteiger partial charge in [-0.2, -0.15) is 0 Å². The number of aromatic nitrogens is 3. The molecule has 0 spiro atoms. The van der Waals surface area contributed by atoms with E-state index in [2.05, 4.69) is 30.8 Å². The molecule has 0 aliphatic carbocycles. The maximum atomic E-state index is 13.3. The van der Waals surface area contributed by atoms with Crippen LogP contribution in [-0.2, 0) is 29.2 Å². The van der Waals surface area contributed by atoms with Crippen LogP contribution in [0.25, 0.3) is 0 Å². The van der Waals surface area contributed by atoms with Crippen molar-refractivity contribution in [1.82, 2.24) is 30.5 Å². The Morgan fingerprint density at radius 2 is 1.31 bits per heavy atom. The van der Waals surface area contributed by atoms with Gasteiger partial charge in [-0.05, 0) is 47.6 Å². The van der Waals surface area contributed by atoms with Gasteiger partial charge in [0.25, 0.3) is 0 Å². The molecule has 0 fully saturated rings. The van der Waals surface area contributed by atoms with Crippen LogP contribution in [0.15, 0.2) is 103 Å². The molecule has 1 unspecified atom stereocenters. The molecule has 4 aromatic rings. The van der Waals surface area contributed by atoms with Crippen molar-refractivity contribution in [3.05, 3.63) is 125 Å². The second kappa shape index (κ2) is 14.2. The minimum atomic E-state index is -0.762. The number of benzene rings is 1. The van der Waals surface area contributed by atoms with Crippen LogP contribution in [-0.4, -0.2) is 38.2 Å². The minimum Gasteiger partial charge on any atom is -0.350 e. The largest absolute Gasteiger partial charge is 0.350 e. The summed E-state index contributed by atoms with van der Waals surface area (Å²) in [6.45, 7) is 1.12. The van der Waals surface area contributed by atoms with E-state index in [9.17, 15) is 14.5 Å². The number of hydrogen-bond donors (Lipinski definition) is 2. The van der Waals surface area contributed by atoms with E-state index >= 15 is 0 Å². The highest BCUT2D eigenvalue weighted by Crippen LogP contribution is 2.27. The lowest BCUT2D eigenvalue weighted by Crippen LogP contribution is -2.40. The third kappa shape index (κ3) is 8.61. The molecule has 0 radical (unpaired) electrons. The highest BCUT2D eigenvalue weighted by Gasteiger charge is 2.23. The maximum absolute atomic E-state index is 13.3. The summed E-state index contributed by atoms with van der Waals surface area (Å²) >= 11 is 0. The Hall–Kier alpha value is -4.83. The Morgan fingerprint density at radius 1 is 0.744 bits per heavy atom. The molecule has 0 aliphatic heterocycles. The van der Waals surface area contributed by atoms with Crippen molar-refractivity contribution in [3.63, 3.8) is 0 Å². The Balaban J connectivity index is 1.48. The summed E-state index contributed by atoms with van der Waals surface area (Å²) in [5, 5.41) is 8.87. The molecule has 3 heterocycles. The van der Waals surface area contributed by atoms with Gasteiger partial charge in [0.05, 0.1) is 42.6 Å². The fourth-order valence-corrected chi connectivity index (χ4v) is 4.11. The number of nitrogens with one attached hydrogen (secondary N) is 2. The highest BCUT2D eigenvalue weighted by molar-refractivity contribution is 5.81. The molecule has 1 aromatic carbocycles. The summed E-state index contributed by atoms with van der Waals surface area (Å²) in [6.07, 6.45) is 4.98. The predicted octanol–water partition coefficient (Wildman–Crippen LogP) is 3.84. The second-order valence-corrected chi connectivity index (χ2v) is 8.86. The van der Waals surface area contributed by atoms with E-state index in [0.717, 1.165) is 11.4 Å². The Morgan fingerprint density at radius 3 is 1.87 bits per heavy atom. The molecule has 0 saturated carbocycles. The number of hydrogen-bond acceptors (Lipinski definition) is 8. The van der Waals surface area contributed by atoms with Gasteiger partial charge in [0, 0.05) is 37.2 Å². The number of nitroso groups, excluding NO2 is 1. The Kier molecular flexibility index (Phi) is 9.91. The summed E-state index contributed by atoms with van der Waals surface area (Å²) in [5.74, 6) is -0.615. The van der Waals surface area contributed by atoms with E-state index in [4.69, 9.17) is 0 Å². The van der Waals surface area contributed by atoms with E-state index in [1.807, 2.05) is 53.4 Å². The molecule has 0 bridgehead atoms. The molecule has 2 amide bonds. The van der Waals surface area contributed by atoms with Gasteiger partial charge in [0.2, 0.25) is 11.8 Å². The minimum absolute atomic E-state index is 0.0237. The number of amides is 2. The van der Waals surface area contributed by atoms with Crippen LogP contribution in [0, 0.1) is 4.91 Å². The summed E-state index contributed by atoms with van der Waals surface area (Å²) < 4.78 is 0. The van der Waals surface area contributed by atoms with E-state index in [-0.39, 0.29) is 37.0 Å². The predicted molar refractivity (Wildman–Crippen MR) is 146 cm³/mol. The number of rotatable bonds is 13. The van der Waals surface area contributed by atoms with Crippen molar-refractivity contribution in [1.29, 1.82) is 0 Å². The van der Waals surface area contributed by atoms with E-state index < -0.39 is 6.04 Å². The van der Waals surface area contributed by atoms with E-state index in [1.54, 1.807) is 48.9 Å². The van der Waals surface area contributed by atoms with Gasteiger partial charge in [-0.25, -0.2) is 0 Å². The highest BCUT2D eigenvalue weighted by atomic mass is 16.3. The normalized spacial score (nSPS) is 11.5. The van der Waals surface area contributed by atoms with Gasteiger partial charge in [-0.3, -0.25) is 29.4 Å². The van der Waals surface area contributed by atoms with Gasteiger partial charge in [0.1, 0.15) is 5.69 Å². The van der Waals surface area contributed by atoms with Crippen molar-refractivity contribution >= 4 is 17.5 Å². The molecule has 10 heteroatoms. The SMILES string of the molecule is O=Nc1ccccc1C(CC(=O)NCc1ccccn1)NC(=O)CN(Cc1ccccn1)Cc1ccccn1. The van der Waals surface area contributed by atoms with Crippen molar-refractivity contribution in [2.75, 3.05) is 6.54 Å². The average molecular weight is 524 g/mol. The molecular weight excluding hydrogens is 494 g/mol. The van der Waals surface area contributed by atoms with Crippen LogP contribution in [0.2, 0.25) is 0 Å². The fraction of sp³-hybridized carbons (Fsp3) is 0.207. The van der Waals surface area contributed by atoms with Crippen LogP contribution in [0.3, 0.4) is 0 Å². The van der Waals surface area contributed by atoms with Gasteiger partial charge in [-0.1, -0.05) is 36.4 Å². The summed E-state index contributed by atoms with van der Waals surface area (Å²) in [7, 11) is 0. The molecule has 0 aliphatic rings. The number of nitrogens with zero attached hydrogens (tertiary/aromatic N) is 5. The smallest absolute Gasteiger partial charge is 0.234 e. The first-order valence-electron chi connectivity index (χ1n) is 12.5. The van der Waals surface area contributed by atoms with Gasteiger partial charge in [-0.15, -0.1) is 4.91 Å². The van der Waals surface area contributed by atoms with Crippen molar-refractivity contribution in [3.8, 4) is 0 Å². The molecular formula is C29H29N7O3. The van der Waals surface area contributed by atoms with Crippen LogP contribution >= 0.6 is 0 Å². The lowest BCUT2D eigenvalue weighted by molar-refractivity contribution is -0.124. The topological polar surface area (TPSA) is 130 Å². The molecule has 39 heavy (non-hydrogen) atoms. The van der Waals surface area contributed by atoms with Crippen LogP contribution in [0.5, 0.6) is 0 Å². The van der Waals surface area contributed by atoms with E-state index in [1.165, 1.54) is 0 Å². The van der Waals surface area contributed by atoms with Gasteiger partial charge < -0.3 is 10.6 Å². The molecule has 10 nitrogen and oxygen atoms in total. The number of carbonyl (C=O) groups excluding carboxylic acids is 2. The zero-order valence-electron chi connectivity index (χ0n) is 21.3. The fourth-order valence-electron chi connectivity index (χ4n) is 4.11. The quantitative estimate of drug-likeness (QED) is 0.255. The van der Waals surface area contributed by atoms with Crippen LogP contribution in [0.1, 0.15) is 35.1 Å². The summed E-state index contributed by atoms with van der Waals surface area (Å²) in [5.41, 5.74) is 2.96. The Bertz CT molecular complexity index is 1310. The zero-order chi connectivity index (χ0) is 27.3. The van der Waals surface area contributed by atoms with Crippen molar-refractivity contribution in [2.24, 2.45) is 5.18 Å². The second-order valence-electron chi connectivity index (χ2n) is 8.86. The standard InChI is InChI=1S/C29H29N7O3/c37-28(33-18-22-9-3-6-14-30-22)17-27(25-12-1-2-13-26(25)35-39)34-29(38)21-36(19-23-10-4-7-15-31-23)20-24-11-5-8-16-32-24/h1-16,27H,17-21H2,(H,33,37)(H,34,38). The molecule has 4 rings (SSSR count). The summed E-state index contributed by atoms with van der Waals surface area (Å²) in [4.78, 5) is 52.6. The van der Waals surface area contributed by atoms with E-state index in [0.29, 0.717) is 24.3 Å². The van der Waals surface area contributed by atoms with Crippen LogP contribution < -0.4 is 10.6 Å². The lowest BCUT2D eigenvalue weighted by Gasteiger charge is -2.24. The number of carbonyl (C=O) groups is 2. The third-order valence-electron chi connectivity index (χ3n) is 5.92. The molecule has 0 saturated heterocycles. The van der Waals surface area contributed by atoms with Gasteiger partial charge in [0.15, 0.2) is 0 Å².